The van der Waals surface area contributed by atoms with Crippen molar-refractivity contribution in [2.75, 3.05) is 26.2 Å². The van der Waals surface area contributed by atoms with E-state index >= 15 is 0 Å². The minimum Gasteiger partial charge on any atom is -0.339 e. The molecule has 9 heteroatoms. The number of nitrogens with zero attached hydrogens (tertiary/aromatic N) is 4. The Balaban J connectivity index is 1.35. The van der Waals surface area contributed by atoms with E-state index < -0.39 is 11.7 Å². The van der Waals surface area contributed by atoms with Crippen LogP contribution in [0.15, 0.2) is 59.7 Å². The molecule has 0 aliphatic carbocycles. The average Bonchev–Trinajstić information content (AvgIpc) is 2.76. The van der Waals surface area contributed by atoms with Crippen LogP contribution in [0.4, 0.5) is 13.2 Å². The summed E-state index contributed by atoms with van der Waals surface area (Å²) in [6.45, 7) is 2.30. The van der Waals surface area contributed by atoms with Crippen LogP contribution in [-0.4, -0.2) is 51.4 Å². The zero-order valence-electron chi connectivity index (χ0n) is 16.7. The standard InChI is InChI=1S/C22H21F3N4O2/c23-22(24,25)17-5-3-4-16(12-17)13-27-8-10-28(11-9-27)20(30)14-29-15-26-19-7-2-1-6-18(19)21(29)31/h1-7,12,15H,8-11,13-14H2. The van der Waals surface area contributed by atoms with Crippen molar-refractivity contribution in [3.63, 3.8) is 0 Å². The Kier molecular flexibility index (Phi) is 5.77. The number of amides is 1. The molecule has 0 atom stereocenters. The van der Waals surface area contributed by atoms with Crippen molar-refractivity contribution in [2.45, 2.75) is 19.3 Å². The Hall–Kier alpha value is -3.20. The minimum absolute atomic E-state index is 0.0930. The first-order valence-electron chi connectivity index (χ1n) is 9.92. The quantitative estimate of drug-likeness (QED) is 0.639. The number of carbonyl (C=O) groups excluding carboxylic acids is 1. The number of fused-ring (bicyclic) bond motifs is 1. The van der Waals surface area contributed by atoms with Crippen molar-refractivity contribution in [3.8, 4) is 0 Å². The summed E-state index contributed by atoms with van der Waals surface area (Å²) < 4.78 is 40.0. The lowest BCUT2D eigenvalue weighted by Crippen LogP contribution is -2.49. The summed E-state index contributed by atoms with van der Waals surface area (Å²) in [4.78, 5) is 33.1. The van der Waals surface area contributed by atoms with Gasteiger partial charge in [0.25, 0.3) is 5.56 Å². The highest BCUT2D eigenvalue weighted by atomic mass is 19.4. The van der Waals surface area contributed by atoms with E-state index in [4.69, 9.17) is 0 Å². The van der Waals surface area contributed by atoms with Gasteiger partial charge in [-0.05, 0) is 23.8 Å². The summed E-state index contributed by atoms with van der Waals surface area (Å²) in [6, 6.07) is 12.3. The second-order valence-corrected chi connectivity index (χ2v) is 7.55. The van der Waals surface area contributed by atoms with Crippen molar-refractivity contribution in [3.05, 3.63) is 76.3 Å². The third kappa shape index (κ3) is 4.77. The maximum absolute atomic E-state index is 12.9. The largest absolute Gasteiger partial charge is 0.416 e. The summed E-state index contributed by atoms with van der Waals surface area (Å²) >= 11 is 0. The van der Waals surface area contributed by atoms with Crippen LogP contribution in [0.5, 0.6) is 0 Å². The summed E-state index contributed by atoms with van der Waals surface area (Å²) in [5.41, 5.74) is 0.248. The third-order valence-electron chi connectivity index (χ3n) is 5.42. The van der Waals surface area contributed by atoms with Crippen LogP contribution < -0.4 is 5.56 Å². The van der Waals surface area contributed by atoms with Gasteiger partial charge >= 0.3 is 6.18 Å². The van der Waals surface area contributed by atoms with Crippen LogP contribution in [0, 0.1) is 0 Å². The van der Waals surface area contributed by atoms with Gasteiger partial charge in [0.2, 0.25) is 5.91 Å². The van der Waals surface area contributed by atoms with Gasteiger partial charge in [0.05, 0.1) is 22.8 Å². The van der Waals surface area contributed by atoms with Crippen molar-refractivity contribution >= 4 is 16.8 Å². The fraction of sp³-hybridized carbons (Fsp3) is 0.318. The normalized spacial score (nSPS) is 15.4. The van der Waals surface area contributed by atoms with E-state index in [0.717, 1.165) is 12.1 Å². The van der Waals surface area contributed by atoms with E-state index in [-0.39, 0.29) is 18.0 Å². The lowest BCUT2D eigenvalue weighted by atomic mass is 10.1. The van der Waals surface area contributed by atoms with Gasteiger partial charge in [-0.2, -0.15) is 13.2 Å². The lowest BCUT2D eigenvalue weighted by molar-refractivity contribution is -0.137. The SMILES string of the molecule is O=C(Cn1cnc2ccccc2c1=O)N1CCN(Cc2cccc(C(F)(F)F)c2)CC1. The molecule has 31 heavy (non-hydrogen) atoms. The van der Waals surface area contributed by atoms with Gasteiger partial charge in [0, 0.05) is 32.7 Å². The Morgan fingerprint density at radius 3 is 2.48 bits per heavy atom. The number of carbonyl (C=O) groups is 1. The monoisotopic (exact) mass is 430 g/mol. The number of halogens is 3. The van der Waals surface area contributed by atoms with Gasteiger partial charge in [-0.15, -0.1) is 0 Å². The van der Waals surface area contributed by atoms with Gasteiger partial charge in [-0.3, -0.25) is 19.1 Å². The summed E-state index contributed by atoms with van der Waals surface area (Å²) in [7, 11) is 0. The number of alkyl halides is 3. The Morgan fingerprint density at radius 2 is 1.74 bits per heavy atom. The minimum atomic E-state index is -4.36. The fourth-order valence-corrected chi connectivity index (χ4v) is 3.72. The van der Waals surface area contributed by atoms with Gasteiger partial charge in [0.1, 0.15) is 6.54 Å². The van der Waals surface area contributed by atoms with E-state index in [1.54, 1.807) is 35.2 Å². The molecule has 2 heterocycles. The van der Waals surface area contributed by atoms with Crippen molar-refractivity contribution in [1.82, 2.24) is 19.4 Å². The number of rotatable bonds is 4. The van der Waals surface area contributed by atoms with Crippen LogP contribution in [0.3, 0.4) is 0 Å². The Morgan fingerprint density at radius 1 is 1.00 bits per heavy atom. The molecule has 4 rings (SSSR count). The molecule has 1 aliphatic heterocycles. The Labute approximate surface area is 176 Å². The highest BCUT2D eigenvalue weighted by Gasteiger charge is 2.30. The van der Waals surface area contributed by atoms with Gasteiger partial charge in [-0.25, -0.2) is 4.98 Å². The smallest absolute Gasteiger partial charge is 0.339 e. The second kappa shape index (κ2) is 8.50. The average molecular weight is 430 g/mol. The highest BCUT2D eigenvalue weighted by Crippen LogP contribution is 2.29. The first-order valence-corrected chi connectivity index (χ1v) is 9.92. The van der Waals surface area contributed by atoms with E-state index in [0.29, 0.717) is 49.2 Å². The van der Waals surface area contributed by atoms with E-state index in [2.05, 4.69) is 4.98 Å². The summed E-state index contributed by atoms with van der Waals surface area (Å²) in [5, 5.41) is 0.462. The van der Waals surface area contributed by atoms with Gasteiger partial charge < -0.3 is 4.90 Å². The zero-order chi connectivity index (χ0) is 22.0. The van der Waals surface area contributed by atoms with Crippen LogP contribution in [0.1, 0.15) is 11.1 Å². The van der Waals surface area contributed by atoms with Crippen LogP contribution in [0.25, 0.3) is 10.9 Å². The van der Waals surface area contributed by atoms with Crippen LogP contribution in [-0.2, 0) is 24.1 Å². The molecule has 0 spiro atoms. The third-order valence-corrected chi connectivity index (χ3v) is 5.42. The molecular formula is C22H21F3N4O2. The molecule has 1 aromatic heterocycles. The van der Waals surface area contributed by atoms with Gasteiger partial charge in [0.15, 0.2) is 0 Å². The second-order valence-electron chi connectivity index (χ2n) is 7.55. The van der Waals surface area contributed by atoms with Crippen molar-refractivity contribution < 1.29 is 18.0 Å². The molecule has 0 unspecified atom stereocenters. The molecule has 1 fully saturated rings. The molecule has 0 bridgehead atoms. The Bertz CT molecular complexity index is 1150. The molecule has 6 nitrogen and oxygen atoms in total. The number of hydrogen-bond donors (Lipinski definition) is 0. The summed E-state index contributed by atoms with van der Waals surface area (Å²) in [5.74, 6) is -0.183. The topological polar surface area (TPSA) is 58.4 Å². The molecule has 3 aromatic rings. The predicted molar refractivity (Wildman–Crippen MR) is 109 cm³/mol. The predicted octanol–water partition coefficient (Wildman–Crippen LogP) is 2.76. The number of aromatic nitrogens is 2. The molecule has 1 amide bonds. The molecule has 0 N–H and O–H groups in total. The van der Waals surface area contributed by atoms with Crippen LogP contribution >= 0.6 is 0 Å². The molecule has 2 aromatic carbocycles. The van der Waals surface area contributed by atoms with Crippen molar-refractivity contribution in [1.29, 1.82) is 0 Å². The number of benzene rings is 2. The molecule has 1 aliphatic rings. The lowest BCUT2D eigenvalue weighted by Gasteiger charge is -2.35. The number of piperazine rings is 1. The van der Waals surface area contributed by atoms with E-state index in [1.165, 1.54) is 17.0 Å². The first-order chi connectivity index (χ1) is 14.8. The van der Waals surface area contributed by atoms with Crippen molar-refractivity contribution in [2.24, 2.45) is 0 Å². The van der Waals surface area contributed by atoms with E-state index in [1.807, 2.05) is 4.90 Å². The molecule has 0 saturated carbocycles. The van der Waals surface area contributed by atoms with Gasteiger partial charge in [-0.1, -0.05) is 30.3 Å². The maximum atomic E-state index is 12.9. The maximum Gasteiger partial charge on any atom is 0.416 e. The molecule has 1 saturated heterocycles. The zero-order valence-corrected chi connectivity index (χ0v) is 16.7. The number of hydrogen-bond acceptors (Lipinski definition) is 4. The van der Waals surface area contributed by atoms with Crippen LogP contribution in [0.2, 0.25) is 0 Å². The number of para-hydroxylation sites is 1. The fourth-order valence-electron chi connectivity index (χ4n) is 3.72. The molecule has 0 radical (unpaired) electrons. The molecular weight excluding hydrogens is 409 g/mol. The first kappa shape index (κ1) is 21.0. The molecule has 162 valence electrons. The van der Waals surface area contributed by atoms with E-state index in [9.17, 15) is 22.8 Å². The summed E-state index contributed by atoms with van der Waals surface area (Å²) in [6.07, 6.45) is -2.98. The highest BCUT2D eigenvalue weighted by molar-refractivity contribution is 5.79.